The Morgan fingerprint density at radius 2 is 1.89 bits per heavy atom. The Hall–Kier alpha value is -0.300. The van der Waals surface area contributed by atoms with E-state index in [1.807, 2.05) is 13.8 Å². The van der Waals surface area contributed by atoms with Crippen molar-refractivity contribution in [1.29, 1.82) is 0 Å². The summed E-state index contributed by atoms with van der Waals surface area (Å²) < 4.78 is 11.3. The molecule has 0 saturated carbocycles. The monoisotopic (exact) mass is 316 g/mol. The van der Waals surface area contributed by atoms with Crippen molar-refractivity contribution in [3.05, 3.63) is 12.2 Å². The molecule has 0 atom stereocenters. The number of unbranched alkanes of at least 4 members (excludes halogenated alkanes) is 1. The van der Waals surface area contributed by atoms with Crippen LogP contribution >= 0.6 is 15.9 Å². The fourth-order valence-electron chi connectivity index (χ4n) is 1.71. The third kappa shape index (κ3) is 7.20. The van der Waals surface area contributed by atoms with Crippen molar-refractivity contribution >= 4 is 15.9 Å². The Kier molecular flexibility index (Phi) is 10.4. The van der Waals surface area contributed by atoms with Crippen molar-refractivity contribution in [2.75, 3.05) is 13.2 Å². The van der Waals surface area contributed by atoms with Gasteiger partial charge < -0.3 is 9.47 Å². The van der Waals surface area contributed by atoms with E-state index in [9.17, 15) is 0 Å². The molecule has 0 N–H and O–H groups in total. The van der Waals surface area contributed by atoms with Gasteiger partial charge in [-0.2, -0.15) is 0 Å². The van der Waals surface area contributed by atoms with Gasteiger partial charge in [0.1, 0.15) is 0 Å². The lowest BCUT2D eigenvalue weighted by molar-refractivity contribution is -0.233. The van der Waals surface area contributed by atoms with E-state index < -0.39 is 5.79 Å². The summed E-state index contributed by atoms with van der Waals surface area (Å²) in [7, 11) is 0. The highest BCUT2D eigenvalue weighted by atomic mass is 79.9. The van der Waals surface area contributed by atoms with E-state index in [1.54, 1.807) is 0 Å². The summed E-state index contributed by atoms with van der Waals surface area (Å²) in [5.41, 5.74) is 1.23. The summed E-state index contributed by atoms with van der Waals surface area (Å²) in [6, 6.07) is 0. The molecule has 3 heteroatoms. The van der Waals surface area contributed by atoms with E-state index in [-0.39, 0.29) is 0 Å². The van der Waals surface area contributed by atoms with Crippen LogP contribution in [0.5, 0.6) is 0 Å². The molecule has 1 saturated heterocycles. The highest BCUT2D eigenvalue weighted by Crippen LogP contribution is 2.25. The lowest BCUT2D eigenvalue weighted by Gasteiger charge is -2.32. The van der Waals surface area contributed by atoms with Gasteiger partial charge >= 0.3 is 0 Å². The van der Waals surface area contributed by atoms with E-state index in [1.165, 1.54) is 5.57 Å². The topological polar surface area (TPSA) is 18.5 Å². The zero-order valence-electron chi connectivity index (χ0n) is 11.9. The van der Waals surface area contributed by atoms with Crippen LogP contribution in [0.4, 0.5) is 0 Å². The van der Waals surface area contributed by atoms with E-state index >= 15 is 0 Å². The van der Waals surface area contributed by atoms with Gasteiger partial charge in [-0.25, -0.2) is 0 Å². The van der Waals surface area contributed by atoms with Gasteiger partial charge in [-0.3, -0.25) is 0 Å². The maximum Gasteiger partial charge on any atom is 0.234 e. The second kappa shape index (κ2) is 10.6. The maximum atomic E-state index is 5.66. The molecule has 0 radical (unpaired) electrons. The average Bonchev–Trinajstić information content (AvgIpc) is 2.38. The number of hydrogen-bond acceptors (Lipinski definition) is 2. The summed E-state index contributed by atoms with van der Waals surface area (Å²) in [6.45, 7) is 11.4. The van der Waals surface area contributed by atoms with Crippen LogP contribution in [0.1, 0.15) is 52.9 Å². The third-order valence-corrected chi connectivity index (χ3v) is 2.75. The van der Waals surface area contributed by atoms with Crippen LogP contribution in [-0.2, 0) is 9.47 Å². The van der Waals surface area contributed by atoms with Crippen molar-refractivity contribution in [1.82, 2.24) is 0 Å². The summed E-state index contributed by atoms with van der Waals surface area (Å²) in [6.07, 6.45) is 5.02. The van der Waals surface area contributed by atoms with Crippen LogP contribution in [0.25, 0.3) is 0 Å². The van der Waals surface area contributed by atoms with E-state index in [0.29, 0.717) is 0 Å². The van der Waals surface area contributed by atoms with Gasteiger partial charge in [0.25, 0.3) is 0 Å². The quantitative estimate of drug-likeness (QED) is 0.418. The summed E-state index contributed by atoms with van der Waals surface area (Å²) in [5, 5.41) is 0. The number of allylic oxidation sites excluding steroid dienone is 1. The minimum atomic E-state index is -0.670. The molecule has 0 spiro atoms. The van der Waals surface area contributed by atoms with Gasteiger partial charge in [0, 0.05) is 22.4 Å². The fraction of sp³-hybridized carbons (Fsp3) is 0.733. The number of ether oxygens (including phenoxy) is 2. The van der Waals surface area contributed by atoms with E-state index in [0.717, 1.165) is 45.3 Å². The minimum Gasteiger partial charge on any atom is -0.340 e. The smallest absolute Gasteiger partial charge is 0.234 e. The molecule has 0 aromatic heterocycles. The van der Waals surface area contributed by atoms with Crippen molar-refractivity contribution in [2.45, 2.75) is 58.7 Å². The second-order valence-corrected chi connectivity index (χ2v) is 4.58. The standard InChI is InChI=1S/C13H19BrO2.C2H6/c1-12(2)6-3-4-7-13(8-9-14)15-10-5-11-16-13;1-2/h1,3-7,10-11H2,2H3;1-2H3. The van der Waals surface area contributed by atoms with E-state index in [4.69, 9.17) is 9.47 Å². The van der Waals surface area contributed by atoms with Crippen LogP contribution in [0.3, 0.4) is 0 Å². The molecule has 1 fully saturated rings. The Labute approximate surface area is 120 Å². The van der Waals surface area contributed by atoms with Gasteiger partial charge in [0.05, 0.1) is 13.2 Å². The molecule has 2 nitrogen and oxygen atoms in total. The SMILES string of the molecule is C=C(C)CCCCC1(C#CBr)OCCCO1.CC. The number of hydrogen-bond donors (Lipinski definition) is 0. The molecule has 1 aliphatic rings. The molecule has 0 aromatic rings. The Balaban J connectivity index is 0.00000137. The molecular weight excluding hydrogens is 292 g/mol. The first kappa shape index (κ1) is 17.7. The molecule has 0 aliphatic carbocycles. The first-order chi connectivity index (χ1) is 8.68. The van der Waals surface area contributed by atoms with Crippen LogP contribution in [0.15, 0.2) is 12.2 Å². The molecule has 1 rings (SSSR count). The lowest BCUT2D eigenvalue weighted by Crippen LogP contribution is -2.39. The zero-order chi connectivity index (χ0) is 13.9. The normalized spacial score (nSPS) is 16.9. The summed E-state index contributed by atoms with van der Waals surface area (Å²) >= 11 is 3.12. The highest BCUT2D eigenvalue weighted by Gasteiger charge is 2.32. The van der Waals surface area contributed by atoms with Gasteiger partial charge in [-0.1, -0.05) is 19.4 Å². The first-order valence-electron chi connectivity index (χ1n) is 6.74. The molecule has 1 aliphatic heterocycles. The molecule has 104 valence electrons. The first-order valence-corrected chi connectivity index (χ1v) is 7.53. The zero-order valence-corrected chi connectivity index (χ0v) is 13.4. The predicted octanol–water partition coefficient (Wildman–Crippen LogP) is 4.64. The Bertz CT molecular complexity index is 283. The largest absolute Gasteiger partial charge is 0.340 e. The van der Waals surface area contributed by atoms with Crippen molar-refractivity contribution < 1.29 is 9.47 Å². The average molecular weight is 317 g/mol. The number of rotatable bonds is 5. The molecule has 0 aromatic carbocycles. The van der Waals surface area contributed by atoms with E-state index in [2.05, 4.69) is 40.2 Å². The van der Waals surface area contributed by atoms with Gasteiger partial charge in [-0.15, -0.1) is 6.58 Å². The maximum absolute atomic E-state index is 5.66. The molecule has 1 heterocycles. The highest BCUT2D eigenvalue weighted by molar-refractivity contribution is 9.12. The van der Waals surface area contributed by atoms with Crippen molar-refractivity contribution in [3.8, 4) is 10.8 Å². The third-order valence-electron chi connectivity index (χ3n) is 2.56. The van der Waals surface area contributed by atoms with Crippen LogP contribution in [0.2, 0.25) is 0 Å². The van der Waals surface area contributed by atoms with Gasteiger partial charge in [0.15, 0.2) is 0 Å². The molecule has 0 amide bonds. The Morgan fingerprint density at radius 1 is 1.28 bits per heavy atom. The Morgan fingerprint density at radius 3 is 2.39 bits per heavy atom. The van der Waals surface area contributed by atoms with Crippen molar-refractivity contribution in [2.24, 2.45) is 0 Å². The predicted molar refractivity (Wildman–Crippen MR) is 80.6 cm³/mol. The minimum absolute atomic E-state index is 0.670. The van der Waals surface area contributed by atoms with Gasteiger partial charge in [0.2, 0.25) is 5.79 Å². The van der Waals surface area contributed by atoms with Crippen LogP contribution in [0, 0.1) is 10.8 Å². The molecule has 0 unspecified atom stereocenters. The van der Waals surface area contributed by atoms with Crippen LogP contribution < -0.4 is 0 Å². The molecule has 0 bridgehead atoms. The second-order valence-electron chi connectivity index (χ2n) is 4.19. The summed E-state index contributed by atoms with van der Waals surface area (Å²) in [4.78, 5) is 2.72. The molecule has 18 heavy (non-hydrogen) atoms. The lowest BCUT2D eigenvalue weighted by atomic mass is 10.0. The van der Waals surface area contributed by atoms with Gasteiger partial charge in [-0.05, 0) is 43.4 Å². The van der Waals surface area contributed by atoms with Crippen molar-refractivity contribution in [3.63, 3.8) is 0 Å². The fourth-order valence-corrected chi connectivity index (χ4v) is 2.01. The van der Waals surface area contributed by atoms with Crippen LogP contribution in [-0.4, -0.2) is 19.0 Å². The summed E-state index contributed by atoms with van der Waals surface area (Å²) in [5.74, 6) is 2.32. The molecular formula is C15H25BrO2. The number of halogens is 1.